The van der Waals surface area contributed by atoms with E-state index in [1.807, 2.05) is 6.92 Å². The Kier molecular flexibility index (Phi) is 4.86. The third kappa shape index (κ3) is 4.00. The summed E-state index contributed by atoms with van der Waals surface area (Å²) in [6, 6.07) is -0.0639. The number of hydrogen-bond acceptors (Lipinski definition) is 5. The summed E-state index contributed by atoms with van der Waals surface area (Å²) in [4.78, 5) is 16.6. The summed E-state index contributed by atoms with van der Waals surface area (Å²) in [5.74, 6) is 0.0908. The van der Waals surface area contributed by atoms with E-state index in [-0.39, 0.29) is 11.9 Å². The highest BCUT2D eigenvalue weighted by molar-refractivity contribution is 5.81. The summed E-state index contributed by atoms with van der Waals surface area (Å²) < 4.78 is 0. The molecule has 0 aliphatic carbocycles. The SMILES string of the molecule is CC(C(=O)NCCc1cn[nH]n1)N1CCN(C)CC1. The molecule has 2 heterocycles. The van der Waals surface area contributed by atoms with Crippen molar-refractivity contribution in [1.82, 2.24) is 30.5 Å². The van der Waals surface area contributed by atoms with Crippen LogP contribution in [0.3, 0.4) is 0 Å². The van der Waals surface area contributed by atoms with Crippen LogP contribution in [0.1, 0.15) is 12.6 Å². The Morgan fingerprint density at radius 1 is 1.47 bits per heavy atom. The number of piperazine rings is 1. The number of hydrogen-bond donors (Lipinski definition) is 2. The Morgan fingerprint density at radius 3 is 2.84 bits per heavy atom. The standard InChI is InChI=1S/C12H22N6O/c1-10(18-7-5-17(2)6-8-18)12(19)13-4-3-11-9-14-16-15-11/h9-10H,3-8H2,1-2H3,(H,13,19)(H,14,15,16). The van der Waals surface area contributed by atoms with E-state index in [9.17, 15) is 4.79 Å². The van der Waals surface area contributed by atoms with E-state index in [1.54, 1.807) is 6.20 Å². The molecule has 1 unspecified atom stereocenters. The lowest BCUT2D eigenvalue weighted by Gasteiger charge is -2.35. The van der Waals surface area contributed by atoms with E-state index in [1.165, 1.54) is 0 Å². The zero-order valence-corrected chi connectivity index (χ0v) is 11.6. The highest BCUT2D eigenvalue weighted by Crippen LogP contribution is 2.04. The van der Waals surface area contributed by atoms with Gasteiger partial charge in [-0.3, -0.25) is 9.69 Å². The normalized spacial score (nSPS) is 19.3. The summed E-state index contributed by atoms with van der Waals surface area (Å²) in [5.41, 5.74) is 0.868. The van der Waals surface area contributed by atoms with E-state index >= 15 is 0 Å². The molecule has 106 valence electrons. The number of aromatic nitrogens is 3. The molecule has 1 amide bonds. The highest BCUT2D eigenvalue weighted by Gasteiger charge is 2.23. The number of H-pyrrole nitrogens is 1. The lowest BCUT2D eigenvalue weighted by atomic mass is 10.2. The van der Waals surface area contributed by atoms with Crippen LogP contribution in [0, 0.1) is 0 Å². The van der Waals surface area contributed by atoms with Crippen molar-refractivity contribution in [3.8, 4) is 0 Å². The van der Waals surface area contributed by atoms with E-state index in [0.29, 0.717) is 13.0 Å². The number of rotatable bonds is 5. The molecule has 0 bridgehead atoms. The first kappa shape index (κ1) is 14.0. The van der Waals surface area contributed by atoms with Gasteiger partial charge in [0.25, 0.3) is 0 Å². The van der Waals surface area contributed by atoms with E-state index < -0.39 is 0 Å². The maximum absolute atomic E-state index is 12.0. The van der Waals surface area contributed by atoms with Gasteiger partial charge in [0, 0.05) is 39.1 Å². The molecule has 0 saturated carbocycles. The molecule has 7 heteroatoms. The number of amides is 1. The van der Waals surface area contributed by atoms with Crippen molar-refractivity contribution in [1.29, 1.82) is 0 Å². The van der Waals surface area contributed by atoms with Gasteiger partial charge in [-0.15, -0.1) is 0 Å². The maximum atomic E-state index is 12.0. The second-order valence-electron chi connectivity index (χ2n) is 5.02. The Balaban J connectivity index is 1.70. The number of carbonyl (C=O) groups excluding carboxylic acids is 1. The minimum Gasteiger partial charge on any atom is -0.354 e. The van der Waals surface area contributed by atoms with Crippen molar-refractivity contribution < 1.29 is 4.79 Å². The molecule has 2 N–H and O–H groups in total. The van der Waals surface area contributed by atoms with Crippen LogP contribution in [-0.2, 0) is 11.2 Å². The highest BCUT2D eigenvalue weighted by atomic mass is 16.2. The maximum Gasteiger partial charge on any atom is 0.237 e. The molecule has 2 rings (SSSR count). The predicted octanol–water partition coefficient (Wildman–Crippen LogP) is -0.901. The quantitative estimate of drug-likeness (QED) is 0.722. The molecule has 1 aliphatic rings. The molecular weight excluding hydrogens is 244 g/mol. The third-order valence-electron chi connectivity index (χ3n) is 3.61. The van der Waals surface area contributed by atoms with Crippen molar-refractivity contribution in [2.45, 2.75) is 19.4 Å². The largest absolute Gasteiger partial charge is 0.354 e. The molecule has 1 saturated heterocycles. The zero-order chi connectivity index (χ0) is 13.7. The van der Waals surface area contributed by atoms with Crippen LogP contribution in [0.4, 0.5) is 0 Å². The fraction of sp³-hybridized carbons (Fsp3) is 0.750. The minimum atomic E-state index is -0.0639. The molecule has 7 nitrogen and oxygen atoms in total. The number of carbonyl (C=O) groups is 1. The first-order valence-corrected chi connectivity index (χ1v) is 6.72. The molecule has 19 heavy (non-hydrogen) atoms. The average Bonchev–Trinajstić information content (AvgIpc) is 2.92. The van der Waals surface area contributed by atoms with Crippen LogP contribution < -0.4 is 5.32 Å². The smallest absolute Gasteiger partial charge is 0.237 e. The topological polar surface area (TPSA) is 77.1 Å². The zero-order valence-electron chi connectivity index (χ0n) is 11.6. The van der Waals surface area contributed by atoms with Crippen molar-refractivity contribution in [3.63, 3.8) is 0 Å². The van der Waals surface area contributed by atoms with E-state index in [2.05, 4.69) is 37.6 Å². The van der Waals surface area contributed by atoms with Gasteiger partial charge in [-0.25, -0.2) is 0 Å². The van der Waals surface area contributed by atoms with Gasteiger partial charge in [0.15, 0.2) is 0 Å². The number of likely N-dealkylation sites (N-methyl/N-ethyl adjacent to an activating group) is 1. The predicted molar refractivity (Wildman–Crippen MR) is 71.6 cm³/mol. The lowest BCUT2D eigenvalue weighted by Crippen LogP contribution is -2.53. The van der Waals surface area contributed by atoms with Crippen molar-refractivity contribution in [2.24, 2.45) is 0 Å². The van der Waals surface area contributed by atoms with Crippen LogP contribution >= 0.6 is 0 Å². The molecule has 1 aromatic rings. The third-order valence-corrected chi connectivity index (χ3v) is 3.61. The summed E-state index contributed by atoms with van der Waals surface area (Å²) in [5, 5.41) is 13.2. The van der Waals surface area contributed by atoms with Crippen molar-refractivity contribution in [2.75, 3.05) is 39.8 Å². The number of nitrogens with zero attached hydrogens (tertiary/aromatic N) is 4. The van der Waals surface area contributed by atoms with Crippen molar-refractivity contribution in [3.05, 3.63) is 11.9 Å². The van der Waals surface area contributed by atoms with E-state index in [4.69, 9.17) is 0 Å². The Hall–Kier alpha value is -1.47. The first-order chi connectivity index (χ1) is 9.16. The van der Waals surface area contributed by atoms with Crippen molar-refractivity contribution >= 4 is 5.91 Å². The number of nitrogens with one attached hydrogen (secondary N) is 2. The van der Waals surface area contributed by atoms with Crippen LogP contribution in [0.2, 0.25) is 0 Å². The second kappa shape index (κ2) is 6.63. The van der Waals surface area contributed by atoms with Crippen LogP contribution in [-0.4, -0.2) is 76.9 Å². The number of aromatic amines is 1. The van der Waals surface area contributed by atoms with Crippen LogP contribution in [0.25, 0.3) is 0 Å². The van der Waals surface area contributed by atoms with Gasteiger partial charge in [0.05, 0.1) is 17.9 Å². The van der Waals surface area contributed by atoms with Gasteiger partial charge in [0.2, 0.25) is 5.91 Å². The van der Waals surface area contributed by atoms with E-state index in [0.717, 1.165) is 31.9 Å². The Morgan fingerprint density at radius 2 is 2.21 bits per heavy atom. The summed E-state index contributed by atoms with van der Waals surface area (Å²) in [6.45, 7) is 6.52. The molecule has 1 aliphatic heterocycles. The summed E-state index contributed by atoms with van der Waals surface area (Å²) in [6.07, 6.45) is 2.38. The minimum absolute atomic E-state index is 0.0639. The van der Waals surface area contributed by atoms with Gasteiger partial charge in [-0.1, -0.05) is 0 Å². The molecule has 1 fully saturated rings. The molecule has 0 aromatic carbocycles. The molecule has 0 spiro atoms. The van der Waals surface area contributed by atoms with Gasteiger partial charge >= 0.3 is 0 Å². The monoisotopic (exact) mass is 266 g/mol. The Bertz CT molecular complexity index is 385. The van der Waals surface area contributed by atoms with Gasteiger partial charge < -0.3 is 10.2 Å². The Labute approximate surface area is 113 Å². The first-order valence-electron chi connectivity index (χ1n) is 6.72. The van der Waals surface area contributed by atoms with Gasteiger partial charge in [-0.05, 0) is 14.0 Å². The molecular formula is C12H22N6O. The fourth-order valence-electron chi connectivity index (χ4n) is 2.18. The molecule has 1 atom stereocenters. The second-order valence-corrected chi connectivity index (χ2v) is 5.02. The van der Waals surface area contributed by atoms with Gasteiger partial charge in [-0.2, -0.15) is 15.4 Å². The molecule has 1 aromatic heterocycles. The molecule has 0 radical (unpaired) electrons. The van der Waals surface area contributed by atoms with Crippen LogP contribution in [0.5, 0.6) is 0 Å². The fourth-order valence-corrected chi connectivity index (χ4v) is 2.18. The summed E-state index contributed by atoms with van der Waals surface area (Å²) >= 11 is 0. The summed E-state index contributed by atoms with van der Waals surface area (Å²) in [7, 11) is 2.11. The average molecular weight is 266 g/mol. The van der Waals surface area contributed by atoms with Crippen LogP contribution in [0.15, 0.2) is 6.20 Å². The lowest BCUT2D eigenvalue weighted by molar-refractivity contribution is -0.126. The van der Waals surface area contributed by atoms with Gasteiger partial charge in [0.1, 0.15) is 0 Å².